The van der Waals surface area contributed by atoms with Gasteiger partial charge in [0.1, 0.15) is 16.2 Å². The minimum absolute atomic E-state index is 0.101. The van der Waals surface area contributed by atoms with Crippen molar-refractivity contribution < 1.29 is 34.9 Å². The molecule has 0 aliphatic heterocycles. The van der Waals surface area contributed by atoms with Crippen molar-refractivity contribution in [1.82, 2.24) is 9.97 Å². The van der Waals surface area contributed by atoms with Crippen LogP contribution in [0.5, 0.6) is 5.75 Å². The molecule has 2 aromatic heterocycles. The highest BCUT2D eigenvalue weighted by Gasteiger charge is 2.30. The van der Waals surface area contributed by atoms with Gasteiger partial charge in [-0.15, -0.1) is 0 Å². The van der Waals surface area contributed by atoms with E-state index in [9.17, 15) is 26.0 Å². The molecule has 204 valence electrons. The molecule has 0 fully saturated rings. The van der Waals surface area contributed by atoms with Crippen molar-refractivity contribution in [3.63, 3.8) is 0 Å². The number of sulfonamides is 1. The van der Waals surface area contributed by atoms with Gasteiger partial charge in [-0.1, -0.05) is 29.8 Å². The lowest BCUT2D eigenvalue weighted by Gasteiger charge is -2.20. The number of hydrogen-bond acceptors (Lipinski definition) is 9. The number of anilines is 1. The average Bonchev–Trinajstić information content (AvgIpc) is 2.89. The lowest BCUT2D eigenvalue weighted by molar-refractivity contribution is 0.0592. The van der Waals surface area contributed by atoms with E-state index in [0.717, 1.165) is 28.8 Å². The minimum atomic E-state index is -4.47. The van der Waals surface area contributed by atoms with Crippen LogP contribution in [0.1, 0.15) is 27.2 Å². The van der Waals surface area contributed by atoms with Gasteiger partial charge in [0.25, 0.3) is 0 Å². The van der Waals surface area contributed by atoms with Crippen LogP contribution in [0.4, 0.5) is 10.2 Å². The van der Waals surface area contributed by atoms with E-state index in [1.54, 1.807) is 37.3 Å². The van der Waals surface area contributed by atoms with Crippen LogP contribution >= 0.6 is 0 Å². The lowest BCUT2D eigenvalue weighted by Crippen LogP contribution is -2.27. The summed E-state index contributed by atoms with van der Waals surface area (Å²) in [6, 6.07) is 13.2. The molecule has 0 aliphatic rings. The molecule has 0 N–H and O–H groups in total. The average molecular weight is 574 g/mol. The smallest absolute Gasteiger partial charge is 0.360 e. The molecule has 0 saturated heterocycles. The number of carbonyl (C=O) groups excluding carboxylic acids is 1. The van der Waals surface area contributed by atoms with Crippen LogP contribution in [-0.2, 0) is 31.3 Å². The molecule has 0 bridgehead atoms. The first kappa shape index (κ1) is 27.9. The third-order valence-electron chi connectivity index (χ3n) is 5.83. The first-order valence-corrected chi connectivity index (χ1v) is 14.7. The molecule has 0 unspecified atom stereocenters. The van der Waals surface area contributed by atoms with Gasteiger partial charge in [0.15, 0.2) is 11.5 Å². The SMILES string of the molecule is COC(=O)c1nc(N(C)S(C)(=O)=O)c2cc(Cc3ccc(F)cc3)cnc2c1OS(=O)(=O)c1ccc(C)cc1. The van der Waals surface area contributed by atoms with E-state index >= 15 is 0 Å². The molecular weight excluding hydrogens is 549 g/mol. The second kappa shape index (κ2) is 10.6. The summed E-state index contributed by atoms with van der Waals surface area (Å²) in [5, 5.41) is 0.101. The van der Waals surface area contributed by atoms with Crippen molar-refractivity contribution >= 4 is 42.8 Å². The number of nitrogens with zero attached hydrogens (tertiary/aromatic N) is 3. The van der Waals surface area contributed by atoms with Crippen LogP contribution in [-0.4, -0.2) is 53.2 Å². The molecule has 13 heteroatoms. The number of benzene rings is 2. The zero-order chi connectivity index (χ0) is 28.5. The highest BCUT2D eigenvalue weighted by Crippen LogP contribution is 2.36. The molecule has 4 aromatic rings. The largest absolute Gasteiger partial charge is 0.464 e. The minimum Gasteiger partial charge on any atom is -0.464 e. The number of esters is 1. The number of carbonyl (C=O) groups is 1. The van der Waals surface area contributed by atoms with Crippen molar-refractivity contribution in [2.75, 3.05) is 24.7 Å². The van der Waals surface area contributed by atoms with E-state index < -0.39 is 43.4 Å². The first-order valence-electron chi connectivity index (χ1n) is 11.4. The summed E-state index contributed by atoms with van der Waals surface area (Å²) in [6.45, 7) is 1.79. The molecule has 0 atom stereocenters. The highest BCUT2D eigenvalue weighted by atomic mass is 32.2. The van der Waals surface area contributed by atoms with E-state index in [1.807, 2.05) is 0 Å². The summed E-state index contributed by atoms with van der Waals surface area (Å²) in [5.74, 6) is -2.17. The molecule has 2 heterocycles. The van der Waals surface area contributed by atoms with Gasteiger partial charge in [0.05, 0.1) is 13.4 Å². The Bertz CT molecular complexity index is 1780. The monoisotopic (exact) mass is 573 g/mol. The van der Waals surface area contributed by atoms with Crippen molar-refractivity contribution in [3.05, 3.63) is 89.0 Å². The van der Waals surface area contributed by atoms with E-state index in [-0.39, 0.29) is 21.6 Å². The van der Waals surface area contributed by atoms with Crippen LogP contribution in [0.25, 0.3) is 10.9 Å². The molecule has 4 rings (SSSR count). The summed E-state index contributed by atoms with van der Waals surface area (Å²) < 4.78 is 75.6. The molecule has 0 amide bonds. The summed E-state index contributed by atoms with van der Waals surface area (Å²) in [5.41, 5.74) is 1.43. The van der Waals surface area contributed by atoms with Gasteiger partial charge >= 0.3 is 16.1 Å². The highest BCUT2D eigenvalue weighted by molar-refractivity contribution is 7.92. The zero-order valence-electron chi connectivity index (χ0n) is 21.4. The topological polar surface area (TPSA) is 133 Å². The predicted molar refractivity (Wildman–Crippen MR) is 142 cm³/mol. The number of pyridine rings is 2. The Morgan fingerprint density at radius 2 is 1.64 bits per heavy atom. The standard InChI is InChI=1S/C26H24FN3O7S2/c1-16-5-11-20(12-6-16)39(34,35)37-24-22-21(14-18(15-28-22)13-17-7-9-19(27)10-8-17)25(30(2)38(4,32)33)29-23(24)26(31)36-3/h5-12,14-15H,13H2,1-4H3. The summed E-state index contributed by atoms with van der Waals surface area (Å²) >= 11 is 0. The van der Waals surface area contributed by atoms with Gasteiger partial charge in [-0.2, -0.15) is 8.42 Å². The second-order valence-corrected chi connectivity index (χ2v) is 12.3. The number of fused-ring (bicyclic) bond motifs is 1. The maximum atomic E-state index is 13.4. The van der Waals surface area contributed by atoms with Crippen molar-refractivity contribution in [3.8, 4) is 5.75 Å². The Labute approximate surface area is 225 Å². The molecular formula is C26H24FN3O7S2. The maximum absolute atomic E-state index is 13.4. The first-order chi connectivity index (χ1) is 18.3. The Kier molecular flexibility index (Phi) is 7.57. The number of aromatic nitrogens is 2. The predicted octanol–water partition coefficient (Wildman–Crippen LogP) is 3.62. The summed E-state index contributed by atoms with van der Waals surface area (Å²) in [6.07, 6.45) is 2.66. The van der Waals surface area contributed by atoms with Gasteiger partial charge in [0, 0.05) is 18.6 Å². The molecule has 0 spiro atoms. The van der Waals surface area contributed by atoms with Crippen LogP contribution in [0.3, 0.4) is 0 Å². The number of aryl methyl sites for hydroxylation is 1. The van der Waals surface area contributed by atoms with E-state index in [1.165, 1.54) is 37.5 Å². The third kappa shape index (κ3) is 5.99. The quantitative estimate of drug-likeness (QED) is 0.229. The molecule has 0 radical (unpaired) electrons. The fourth-order valence-corrected chi connectivity index (χ4v) is 5.09. The molecule has 2 aromatic carbocycles. The van der Waals surface area contributed by atoms with Crippen LogP contribution in [0, 0.1) is 12.7 Å². The van der Waals surface area contributed by atoms with Gasteiger partial charge in [-0.05, 0) is 54.8 Å². The summed E-state index contributed by atoms with van der Waals surface area (Å²) in [7, 11) is -6.05. The number of methoxy groups -OCH3 is 1. The van der Waals surface area contributed by atoms with E-state index in [4.69, 9.17) is 8.92 Å². The van der Waals surface area contributed by atoms with Gasteiger partial charge in [-0.25, -0.2) is 22.6 Å². The fourth-order valence-electron chi connectivity index (χ4n) is 3.70. The Hall–Kier alpha value is -4.10. The number of halogens is 1. The zero-order valence-corrected chi connectivity index (χ0v) is 23.0. The Balaban J connectivity index is 1.96. The molecule has 10 nitrogen and oxygen atoms in total. The summed E-state index contributed by atoms with van der Waals surface area (Å²) in [4.78, 5) is 21.1. The number of rotatable bonds is 8. The van der Waals surface area contributed by atoms with Crippen molar-refractivity contribution in [2.24, 2.45) is 0 Å². The Morgan fingerprint density at radius 3 is 2.23 bits per heavy atom. The molecule has 0 saturated carbocycles. The van der Waals surface area contributed by atoms with Crippen LogP contribution in [0.2, 0.25) is 0 Å². The fraction of sp³-hybridized carbons (Fsp3) is 0.192. The lowest BCUT2D eigenvalue weighted by atomic mass is 10.0. The normalized spacial score (nSPS) is 11.8. The molecule has 39 heavy (non-hydrogen) atoms. The van der Waals surface area contributed by atoms with Gasteiger partial charge in [0.2, 0.25) is 15.8 Å². The van der Waals surface area contributed by atoms with E-state index in [2.05, 4.69) is 9.97 Å². The third-order valence-corrected chi connectivity index (χ3v) is 8.24. The van der Waals surface area contributed by atoms with Crippen LogP contribution in [0.15, 0.2) is 65.7 Å². The van der Waals surface area contributed by atoms with Crippen molar-refractivity contribution in [2.45, 2.75) is 18.2 Å². The van der Waals surface area contributed by atoms with Crippen molar-refractivity contribution in [1.29, 1.82) is 0 Å². The van der Waals surface area contributed by atoms with Gasteiger partial charge < -0.3 is 8.92 Å². The second-order valence-electron chi connectivity index (χ2n) is 8.73. The number of hydrogen-bond donors (Lipinski definition) is 0. The van der Waals surface area contributed by atoms with E-state index in [0.29, 0.717) is 12.0 Å². The Morgan fingerprint density at radius 1 is 1.00 bits per heavy atom. The van der Waals surface area contributed by atoms with Crippen LogP contribution < -0.4 is 8.49 Å². The molecule has 0 aliphatic carbocycles. The number of ether oxygens (including phenoxy) is 1. The maximum Gasteiger partial charge on any atom is 0.360 e. The van der Waals surface area contributed by atoms with Gasteiger partial charge in [-0.3, -0.25) is 9.29 Å².